The van der Waals surface area contributed by atoms with Gasteiger partial charge in [-0.25, -0.2) is 0 Å². The normalized spacial score (nSPS) is 20.1. The van der Waals surface area contributed by atoms with Gasteiger partial charge in [0.2, 0.25) is 0 Å². The molecule has 18 heavy (non-hydrogen) atoms. The van der Waals surface area contributed by atoms with E-state index in [1.807, 2.05) is 6.92 Å². The smallest absolute Gasteiger partial charge is 0.309 e. The number of esters is 1. The van der Waals surface area contributed by atoms with Gasteiger partial charge in [-0.3, -0.25) is 4.79 Å². The van der Waals surface area contributed by atoms with Crippen LogP contribution in [0.2, 0.25) is 0 Å². The van der Waals surface area contributed by atoms with Crippen molar-refractivity contribution in [3.05, 3.63) is 0 Å². The van der Waals surface area contributed by atoms with Gasteiger partial charge >= 0.3 is 5.97 Å². The predicted molar refractivity (Wildman–Crippen MR) is 77.9 cm³/mol. The molecule has 1 saturated heterocycles. The van der Waals surface area contributed by atoms with Crippen molar-refractivity contribution >= 4 is 21.9 Å². The van der Waals surface area contributed by atoms with Crippen molar-refractivity contribution in [3.8, 4) is 0 Å². The minimum absolute atomic E-state index is 0.00180. The largest absolute Gasteiger partial charge is 0.466 e. The fourth-order valence-corrected chi connectivity index (χ4v) is 3.33. The fraction of sp³-hybridized carbons (Fsp3) is 0.929. The Labute approximate surface area is 119 Å². The Morgan fingerprint density at radius 2 is 2.00 bits per heavy atom. The highest BCUT2D eigenvalue weighted by Gasteiger charge is 2.27. The Morgan fingerprint density at radius 1 is 1.39 bits per heavy atom. The summed E-state index contributed by atoms with van der Waals surface area (Å²) in [5, 5.41) is 1.06. The number of ether oxygens (including phenoxy) is 1. The van der Waals surface area contributed by atoms with Crippen LogP contribution in [-0.2, 0) is 9.53 Å². The Kier molecular flexibility index (Phi) is 7.23. The quantitative estimate of drug-likeness (QED) is 0.557. The first-order valence-corrected chi connectivity index (χ1v) is 8.15. The fourth-order valence-electron chi connectivity index (χ4n) is 2.38. The van der Waals surface area contributed by atoms with E-state index in [1.165, 1.54) is 0 Å². The first kappa shape index (κ1) is 16.0. The molecule has 1 unspecified atom stereocenters. The molecule has 0 N–H and O–H groups in total. The molecule has 0 spiro atoms. The minimum Gasteiger partial charge on any atom is -0.466 e. The minimum atomic E-state index is -0.00180. The molecule has 0 bridgehead atoms. The average molecular weight is 320 g/mol. The molecule has 0 aromatic heterocycles. The molecule has 1 aliphatic rings. The van der Waals surface area contributed by atoms with Crippen LogP contribution in [0.25, 0.3) is 0 Å². The summed E-state index contributed by atoms with van der Waals surface area (Å²) in [4.78, 5) is 14.1. The Hall–Kier alpha value is -0.0900. The summed E-state index contributed by atoms with van der Waals surface area (Å²) in [6, 6.07) is 0. The molecule has 1 aliphatic heterocycles. The van der Waals surface area contributed by atoms with Gasteiger partial charge in [0.15, 0.2) is 0 Å². The maximum Gasteiger partial charge on any atom is 0.309 e. The molecule has 0 aromatic rings. The summed E-state index contributed by atoms with van der Waals surface area (Å²) in [5.74, 6) is 1.53. The van der Waals surface area contributed by atoms with E-state index in [1.54, 1.807) is 0 Å². The van der Waals surface area contributed by atoms with Gasteiger partial charge in [-0.15, -0.1) is 0 Å². The highest BCUT2D eigenvalue weighted by Crippen LogP contribution is 2.22. The van der Waals surface area contributed by atoms with Crippen LogP contribution in [0.15, 0.2) is 0 Å². The number of likely N-dealkylation sites (tertiary alicyclic amines) is 1. The van der Waals surface area contributed by atoms with Gasteiger partial charge in [0.1, 0.15) is 0 Å². The van der Waals surface area contributed by atoms with Crippen LogP contribution < -0.4 is 0 Å². The third-order valence-electron chi connectivity index (χ3n) is 3.84. The number of carbonyl (C=O) groups excluding carboxylic acids is 1. The second-order valence-electron chi connectivity index (χ2n) is 5.49. The monoisotopic (exact) mass is 319 g/mol. The molecule has 1 fully saturated rings. The maximum absolute atomic E-state index is 11.6. The lowest BCUT2D eigenvalue weighted by Gasteiger charge is -2.34. The molecular weight excluding hydrogens is 294 g/mol. The standard InChI is InChI=1S/C14H26BrNO2/c1-4-18-14(17)12-5-7-16(8-6-12)10-13(9-15)11(2)3/h11-13H,4-10H2,1-3H3. The molecule has 0 aliphatic carbocycles. The molecule has 0 saturated carbocycles. The molecule has 106 valence electrons. The van der Waals surface area contributed by atoms with Crippen molar-refractivity contribution in [2.45, 2.75) is 33.6 Å². The molecule has 4 heteroatoms. The van der Waals surface area contributed by atoms with E-state index in [4.69, 9.17) is 4.74 Å². The Balaban J connectivity index is 2.32. The molecule has 1 atom stereocenters. The van der Waals surface area contributed by atoms with Crippen LogP contribution in [0, 0.1) is 17.8 Å². The van der Waals surface area contributed by atoms with Gasteiger partial charge in [0, 0.05) is 11.9 Å². The van der Waals surface area contributed by atoms with E-state index >= 15 is 0 Å². The van der Waals surface area contributed by atoms with Crippen LogP contribution in [0.5, 0.6) is 0 Å². The Bertz CT molecular complexity index is 250. The lowest BCUT2D eigenvalue weighted by atomic mass is 9.93. The van der Waals surface area contributed by atoms with Crippen molar-refractivity contribution in [3.63, 3.8) is 0 Å². The lowest BCUT2D eigenvalue weighted by molar-refractivity contribution is -0.149. The molecule has 3 nitrogen and oxygen atoms in total. The first-order chi connectivity index (χ1) is 8.58. The molecule has 1 heterocycles. The molecule has 1 rings (SSSR count). The van der Waals surface area contributed by atoms with Crippen molar-refractivity contribution in [1.29, 1.82) is 0 Å². The number of hydrogen-bond donors (Lipinski definition) is 0. The number of alkyl halides is 1. The summed E-state index contributed by atoms with van der Waals surface area (Å²) in [5.41, 5.74) is 0. The van der Waals surface area contributed by atoms with Gasteiger partial charge in [-0.1, -0.05) is 29.8 Å². The van der Waals surface area contributed by atoms with Crippen LogP contribution in [-0.4, -0.2) is 42.4 Å². The first-order valence-electron chi connectivity index (χ1n) is 7.03. The topological polar surface area (TPSA) is 29.5 Å². The summed E-state index contributed by atoms with van der Waals surface area (Å²) in [6.07, 6.45) is 1.90. The van der Waals surface area contributed by atoms with E-state index in [-0.39, 0.29) is 11.9 Å². The second-order valence-corrected chi connectivity index (χ2v) is 6.13. The second kappa shape index (κ2) is 8.16. The average Bonchev–Trinajstić information content (AvgIpc) is 2.36. The van der Waals surface area contributed by atoms with Crippen molar-refractivity contribution in [1.82, 2.24) is 4.90 Å². The van der Waals surface area contributed by atoms with Crippen LogP contribution in [0.4, 0.5) is 0 Å². The van der Waals surface area contributed by atoms with E-state index in [0.717, 1.165) is 37.8 Å². The van der Waals surface area contributed by atoms with Gasteiger partial charge in [0.05, 0.1) is 12.5 Å². The third kappa shape index (κ3) is 4.88. The predicted octanol–water partition coefficient (Wildman–Crippen LogP) is 2.93. The number of carbonyl (C=O) groups is 1. The number of hydrogen-bond acceptors (Lipinski definition) is 3. The summed E-state index contributed by atoms with van der Waals surface area (Å²) in [6.45, 7) is 10.1. The highest BCUT2D eigenvalue weighted by atomic mass is 79.9. The zero-order valence-corrected chi connectivity index (χ0v) is 13.4. The molecule has 0 aromatic carbocycles. The summed E-state index contributed by atoms with van der Waals surface area (Å²) in [7, 11) is 0. The van der Waals surface area contributed by atoms with Crippen molar-refractivity contribution in [2.75, 3.05) is 31.6 Å². The van der Waals surface area contributed by atoms with Gasteiger partial charge in [-0.05, 0) is 44.7 Å². The van der Waals surface area contributed by atoms with Crippen LogP contribution in [0.3, 0.4) is 0 Å². The zero-order chi connectivity index (χ0) is 13.5. The number of rotatable bonds is 6. The van der Waals surface area contributed by atoms with Crippen molar-refractivity contribution < 1.29 is 9.53 Å². The molecule has 0 amide bonds. The van der Waals surface area contributed by atoms with E-state index in [0.29, 0.717) is 18.4 Å². The molecular formula is C14H26BrNO2. The zero-order valence-electron chi connectivity index (χ0n) is 11.8. The summed E-state index contributed by atoms with van der Waals surface area (Å²) >= 11 is 3.60. The summed E-state index contributed by atoms with van der Waals surface area (Å²) < 4.78 is 5.09. The Morgan fingerprint density at radius 3 is 2.44 bits per heavy atom. The number of nitrogens with zero attached hydrogens (tertiary/aromatic N) is 1. The van der Waals surface area contributed by atoms with E-state index in [9.17, 15) is 4.79 Å². The molecule has 0 radical (unpaired) electrons. The van der Waals surface area contributed by atoms with Crippen molar-refractivity contribution in [2.24, 2.45) is 17.8 Å². The van der Waals surface area contributed by atoms with E-state index < -0.39 is 0 Å². The van der Waals surface area contributed by atoms with Gasteiger partial charge in [-0.2, -0.15) is 0 Å². The van der Waals surface area contributed by atoms with Crippen LogP contribution in [0.1, 0.15) is 33.6 Å². The van der Waals surface area contributed by atoms with Crippen LogP contribution >= 0.6 is 15.9 Å². The third-order valence-corrected chi connectivity index (χ3v) is 4.67. The van der Waals surface area contributed by atoms with Gasteiger partial charge in [0.25, 0.3) is 0 Å². The highest BCUT2D eigenvalue weighted by molar-refractivity contribution is 9.09. The number of halogens is 1. The number of piperidine rings is 1. The van der Waals surface area contributed by atoms with E-state index in [2.05, 4.69) is 34.7 Å². The van der Waals surface area contributed by atoms with Gasteiger partial charge < -0.3 is 9.64 Å². The lowest BCUT2D eigenvalue weighted by Crippen LogP contribution is -2.40. The maximum atomic E-state index is 11.6. The SMILES string of the molecule is CCOC(=O)C1CCN(CC(CBr)C(C)C)CC1.